The molecule has 2 aromatic heterocycles. The fourth-order valence-corrected chi connectivity index (χ4v) is 4.88. The highest BCUT2D eigenvalue weighted by atomic mass is 19.1. The highest BCUT2D eigenvalue weighted by Crippen LogP contribution is 2.36. The van der Waals surface area contributed by atoms with Gasteiger partial charge in [-0.1, -0.05) is 0 Å². The number of anilines is 2. The Morgan fingerprint density at radius 3 is 2.82 bits per heavy atom. The van der Waals surface area contributed by atoms with Crippen LogP contribution in [0.4, 0.5) is 16.0 Å². The molecule has 1 fully saturated rings. The number of nitrogens with zero attached hydrogens (tertiary/aromatic N) is 4. The molecular formula is C24H29FN6O2. The molecule has 0 radical (unpaired) electrons. The molecule has 0 aliphatic carbocycles. The van der Waals surface area contributed by atoms with Crippen molar-refractivity contribution in [3.63, 3.8) is 0 Å². The smallest absolute Gasteiger partial charge is 0.253 e. The molecular weight excluding hydrogens is 423 g/mol. The zero-order valence-electron chi connectivity index (χ0n) is 19.0. The van der Waals surface area contributed by atoms with E-state index in [0.29, 0.717) is 12.6 Å². The number of nitrogens with one attached hydrogen (secondary N) is 2. The summed E-state index contributed by atoms with van der Waals surface area (Å²) in [5, 5.41) is 4.39. The van der Waals surface area contributed by atoms with Crippen molar-refractivity contribution < 1.29 is 9.13 Å². The highest BCUT2D eigenvalue weighted by molar-refractivity contribution is 5.98. The standard InChI is InChI=1S/C24H29FN6O2/c1-3-33-20-10-16(9-19-21(20)22-18(23(32)29-19)5-4-6-26-22)14-30-7-8-31(13-15(30)2)24-27-11-17(25)12-28-24/h9-12,15,26H,3-8,13-14H2,1-2H3,(H,29,32). The van der Waals surface area contributed by atoms with Crippen LogP contribution in [0, 0.1) is 5.82 Å². The van der Waals surface area contributed by atoms with Crippen LogP contribution in [0.3, 0.4) is 0 Å². The maximum absolute atomic E-state index is 13.2. The number of rotatable bonds is 5. The summed E-state index contributed by atoms with van der Waals surface area (Å²) in [6.07, 6.45) is 4.15. The van der Waals surface area contributed by atoms with Gasteiger partial charge in [-0.25, -0.2) is 14.4 Å². The number of aromatic amines is 1. The van der Waals surface area contributed by atoms with Crippen molar-refractivity contribution in [1.82, 2.24) is 19.9 Å². The third kappa shape index (κ3) is 4.25. The third-order valence-electron chi connectivity index (χ3n) is 6.48. The molecule has 1 atom stereocenters. The molecule has 1 aromatic carbocycles. The first-order valence-corrected chi connectivity index (χ1v) is 11.6. The van der Waals surface area contributed by atoms with E-state index in [1.54, 1.807) is 0 Å². The van der Waals surface area contributed by atoms with Crippen molar-refractivity contribution in [2.75, 3.05) is 43.0 Å². The van der Waals surface area contributed by atoms with Crippen LogP contribution in [0.25, 0.3) is 10.9 Å². The molecule has 1 unspecified atom stereocenters. The maximum Gasteiger partial charge on any atom is 0.253 e. The lowest BCUT2D eigenvalue weighted by molar-refractivity contribution is 0.180. The van der Waals surface area contributed by atoms with E-state index in [-0.39, 0.29) is 11.6 Å². The average molecular weight is 453 g/mol. The second-order valence-corrected chi connectivity index (χ2v) is 8.75. The minimum Gasteiger partial charge on any atom is -0.493 e. The lowest BCUT2D eigenvalue weighted by Gasteiger charge is -2.40. The van der Waals surface area contributed by atoms with Crippen LogP contribution in [-0.2, 0) is 13.0 Å². The van der Waals surface area contributed by atoms with Gasteiger partial charge in [-0.15, -0.1) is 0 Å². The molecule has 0 bridgehead atoms. The Labute approximate surface area is 191 Å². The van der Waals surface area contributed by atoms with Crippen molar-refractivity contribution in [2.24, 2.45) is 0 Å². The van der Waals surface area contributed by atoms with Gasteiger partial charge in [-0.05, 0) is 44.4 Å². The molecule has 33 heavy (non-hydrogen) atoms. The van der Waals surface area contributed by atoms with Gasteiger partial charge in [0.15, 0.2) is 5.82 Å². The molecule has 0 amide bonds. The molecule has 9 heteroatoms. The van der Waals surface area contributed by atoms with Crippen LogP contribution in [0.15, 0.2) is 29.3 Å². The molecule has 8 nitrogen and oxygen atoms in total. The molecule has 0 spiro atoms. The fourth-order valence-electron chi connectivity index (χ4n) is 4.88. The van der Waals surface area contributed by atoms with Crippen LogP contribution in [0.5, 0.6) is 5.75 Å². The van der Waals surface area contributed by atoms with E-state index in [1.807, 2.05) is 6.92 Å². The van der Waals surface area contributed by atoms with Crippen molar-refractivity contribution in [1.29, 1.82) is 0 Å². The number of halogens is 1. The van der Waals surface area contributed by atoms with Crippen molar-refractivity contribution in [3.05, 3.63) is 51.8 Å². The number of aromatic nitrogens is 3. The zero-order chi connectivity index (χ0) is 22.9. The average Bonchev–Trinajstić information content (AvgIpc) is 2.81. The van der Waals surface area contributed by atoms with Gasteiger partial charge in [0.1, 0.15) is 5.75 Å². The van der Waals surface area contributed by atoms with Crippen LogP contribution >= 0.6 is 0 Å². The summed E-state index contributed by atoms with van der Waals surface area (Å²) < 4.78 is 19.2. The normalized spacial score (nSPS) is 18.8. The van der Waals surface area contributed by atoms with E-state index in [4.69, 9.17) is 4.74 Å². The van der Waals surface area contributed by atoms with Crippen LogP contribution < -0.4 is 20.5 Å². The number of benzene rings is 1. The summed E-state index contributed by atoms with van der Waals surface area (Å²) in [5.74, 6) is 0.932. The summed E-state index contributed by atoms with van der Waals surface area (Å²) in [5.41, 5.74) is 3.60. The largest absolute Gasteiger partial charge is 0.493 e. The highest BCUT2D eigenvalue weighted by Gasteiger charge is 2.26. The minimum absolute atomic E-state index is 0.0226. The van der Waals surface area contributed by atoms with E-state index >= 15 is 0 Å². The van der Waals surface area contributed by atoms with E-state index in [9.17, 15) is 9.18 Å². The Hall–Kier alpha value is -3.20. The molecule has 2 aliphatic rings. The van der Waals surface area contributed by atoms with Crippen LogP contribution in [0.2, 0.25) is 0 Å². The Bertz CT molecular complexity index is 1210. The van der Waals surface area contributed by atoms with E-state index < -0.39 is 5.82 Å². The Kier molecular flexibility index (Phi) is 5.88. The number of hydrogen-bond donors (Lipinski definition) is 2. The second-order valence-electron chi connectivity index (χ2n) is 8.75. The van der Waals surface area contributed by atoms with E-state index in [2.05, 4.69) is 49.1 Å². The first-order chi connectivity index (χ1) is 16.0. The second kappa shape index (κ2) is 8.97. The van der Waals surface area contributed by atoms with Crippen LogP contribution in [0.1, 0.15) is 31.4 Å². The molecule has 174 valence electrons. The fraction of sp³-hybridized carbons (Fsp3) is 0.458. The Morgan fingerprint density at radius 2 is 2.06 bits per heavy atom. The van der Waals surface area contributed by atoms with Gasteiger partial charge in [0.25, 0.3) is 5.56 Å². The lowest BCUT2D eigenvalue weighted by atomic mass is 9.99. The van der Waals surface area contributed by atoms with Gasteiger partial charge < -0.3 is 19.9 Å². The van der Waals surface area contributed by atoms with Gasteiger partial charge in [0.05, 0.1) is 35.6 Å². The summed E-state index contributed by atoms with van der Waals surface area (Å²) >= 11 is 0. The van der Waals surface area contributed by atoms with E-state index in [0.717, 1.165) is 79.0 Å². The number of fused-ring (bicyclic) bond motifs is 3. The monoisotopic (exact) mass is 452 g/mol. The predicted octanol–water partition coefficient (Wildman–Crippen LogP) is 2.92. The van der Waals surface area contributed by atoms with Gasteiger partial charge >= 0.3 is 0 Å². The predicted molar refractivity (Wildman–Crippen MR) is 127 cm³/mol. The number of ether oxygens (including phenoxy) is 1. The number of hydrogen-bond acceptors (Lipinski definition) is 7. The number of H-pyrrole nitrogens is 1. The number of pyridine rings is 1. The minimum atomic E-state index is -0.429. The zero-order valence-corrected chi connectivity index (χ0v) is 19.0. The topological polar surface area (TPSA) is 86.4 Å². The van der Waals surface area contributed by atoms with E-state index in [1.165, 1.54) is 12.4 Å². The van der Waals surface area contributed by atoms with Crippen molar-refractivity contribution >= 4 is 22.5 Å². The summed E-state index contributed by atoms with van der Waals surface area (Å²) in [6.45, 7) is 8.64. The summed E-state index contributed by atoms with van der Waals surface area (Å²) in [4.78, 5) is 28.5. The first kappa shape index (κ1) is 21.6. The van der Waals surface area contributed by atoms with Gasteiger partial charge in [0, 0.05) is 44.3 Å². The molecule has 2 N–H and O–H groups in total. The number of piperazine rings is 1. The molecule has 5 rings (SSSR count). The summed E-state index contributed by atoms with van der Waals surface area (Å²) in [6, 6.07) is 4.42. The molecule has 3 aromatic rings. The molecule has 2 aliphatic heterocycles. The Balaban J connectivity index is 1.41. The molecule has 0 saturated carbocycles. The SMILES string of the molecule is CCOc1cc(CN2CCN(c3ncc(F)cn3)CC2C)cc2[nH]c(=O)c3c(c12)NCCC3. The van der Waals surface area contributed by atoms with Gasteiger partial charge in [-0.2, -0.15) is 0 Å². The molecule has 4 heterocycles. The quantitative estimate of drug-likeness (QED) is 0.616. The summed E-state index contributed by atoms with van der Waals surface area (Å²) in [7, 11) is 0. The molecule has 1 saturated heterocycles. The lowest BCUT2D eigenvalue weighted by Crippen LogP contribution is -2.51. The third-order valence-corrected chi connectivity index (χ3v) is 6.48. The Morgan fingerprint density at radius 1 is 1.24 bits per heavy atom. The van der Waals surface area contributed by atoms with Crippen LogP contribution in [-0.4, -0.2) is 58.7 Å². The first-order valence-electron chi connectivity index (χ1n) is 11.6. The maximum atomic E-state index is 13.2. The van der Waals surface area contributed by atoms with Crippen molar-refractivity contribution in [3.8, 4) is 5.75 Å². The van der Waals surface area contributed by atoms with Crippen molar-refractivity contribution in [2.45, 2.75) is 39.3 Å². The van der Waals surface area contributed by atoms with Gasteiger partial charge in [0.2, 0.25) is 5.95 Å². The van der Waals surface area contributed by atoms with Gasteiger partial charge in [-0.3, -0.25) is 9.69 Å².